The number of nitrogens with zero attached hydrogens (tertiary/aromatic N) is 4. The molecule has 4 nitrogen and oxygen atoms in total. The molecule has 2 rings (SSSR count). The normalized spacial score (nSPS) is 21.4. The highest BCUT2D eigenvalue weighted by atomic mass is 35.5. The van der Waals surface area contributed by atoms with Crippen LogP contribution in [0, 0.1) is 0 Å². The van der Waals surface area contributed by atoms with Crippen LogP contribution in [0.1, 0.15) is 31.0 Å². The predicted octanol–water partition coefficient (Wildman–Crippen LogP) is 2.02. The molecule has 1 unspecified atom stereocenters. The van der Waals surface area contributed by atoms with E-state index in [4.69, 9.17) is 11.6 Å². The molecule has 0 bridgehead atoms. The molecule has 0 saturated heterocycles. The lowest BCUT2D eigenvalue weighted by molar-refractivity contribution is -0.183. The molecule has 1 heterocycles. The van der Waals surface area contributed by atoms with Crippen molar-refractivity contribution in [3.8, 4) is 0 Å². The second kappa shape index (κ2) is 3.07. The van der Waals surface area contributed by atoms with Crippen LogP contribution in [0.15, 0.2) is 0 Å². The standard InChI is InChI=1S/C7H8ClF3N4/c1-4(8)5-12-13-14-15(5)6(2-3-6)7(9,10)11/h4H,2-3H2,1H3. The van der Waals surface area contributed by atoms with Gasteiger partial charge in [0.05, 0.1) is 5.38 Å². The highest BCUT2D eigenvalue weighted by Crippen LogP contribution is 2.55. The molecule has 1 aliphatic carbocycles. The fraction of sp³-hybridized carbons (Fsp3) is 0.857. The molecular weight excluding hydrogens is 233 g/mol. The smallest absolute Gasteiger partial charge is 0.213 e. The van der Waals surface area contributed by atoms with Crippen LogP contribution < -0.4 is 0 Å². The van der Waals surface area contributed by atoms with Gasteiger partial charge in [-0.1, -0.05) is 0 Å². The maximum Gasteiger partial charge on any atom is 0.413 e. The van der Waals surface area contributed by atoms with Crippen molar-refractivity contribution in [2.45, 2.75) is 36.9 Å². The van der Waals surface area contributed by atoms with Crippen LogP contribution in [0.2, 0.25) is 0 Å². The molecule has 0 amide bonds. The summed E-state index contributed by atoms with van der Waals surface area (Å²) in [6.07, 6.45) is -4.31. The second-order valence-corrected chi connectivity index (χ2v) is 4.25. The minimum Gasteiger partial charge on any atom is -0.213 e. The van der Waals surface area contributed by atoms with Gasteiger partial charge in [-0.3, -0.25) is 0 Å². The molecule has 1 aromatic heterocycles. The Bertz CT molecular complexity index is 369. The first kappa shape index (κ1) is 10.7. The summed E-state index contributed by atoms with van der Waals surface area (Å²) < 4.78 is 39.0. The lowest BCUT2D eigenvalue weighted by Gasteiger charge is -2.20. The van der Waals surface area contributed by atoms with Gasteiger partial charge in [-0.25, -0.2) is 4.68 Å². The van der Waals surface area contributed by atoms with Gasteiger partial charge < -0.3 is 0 Å². The molecule has 8 heteroatoms. The first-order valence-electron chi connectivity index (χ1n) is 4.38. The van der Waals surface area contributed by atoms with E-state index in [9.17, 15) is 13.2 Å². The number of aromatic nitrogens is 4. The molecule has 15 heavy (non-hydrogen) atoms. The van der Waals surface area contributed by atoms with Gasteiger partial charge in [-0.05, 0) is 30.2 Å². The average Bonchev–Trinajstić information content (AvgIpc) is 2.76. The summed E-state index contributed by atoms with van der Waals surface area (Å²) in [5, 5.41) is 9.50. The summed E-state index contributed by atoms with van der Waals surface area (Å²) in [6.45, 7) is 1.54. The molecule has 0 spiro atoms. The largest absolute Gasteiger partial charge is 0.413 e. The second-order valence-electron chi connectivity index (χ2n) is 3.59. The van der Waals surface area contributed by atoms with Crippen molar-refractivity contribution < 1.29 is 13.2 Å². The van der Waals surface area contributed by atoms with Crippen LogP contribution in [-0.4, -0.2) is 26.4 Å². The minimum atomic E-state index is -4.33. The van der Waals surface area contributed by atoms with E-state index in [-0.39, 0.29) is 18.7 Å². The van der Waals surface area contributed by atoms with Crippen molar-refractivity contribution in [1.82, 2.24) is 20.2 Å². The van der Waals surface area contributed by atoms with Crippen molar-refractivity contribution in [2.75, 3.05) is 0 Å². The van der Waals surface area contributed by atoms with Crippen LogP contribution in [-0.2, 0) is 5.54 Å². The molecule has 0 N–H and O–H groups in total. The quantitative estimate of drug-likeness (QED) is 0.743. The predicted molar refractivity (Wildman–Crippen MR) is 45.3 cm³/mol. The SMILES string of the molecule is CC(Cl)c1nnnn1C1(C(F)(F)F)CC1. The van der Waals surface area contributed by atoms with Gasteiger partial charge in [0.25, 0.3) is 0 Å². The van der Waals surface area contributed by atoms with Gasteiger partial charge in [0.2, 0.25) is 0 Å². The van der Waals surface area contributed by atoms with Gasteiger partial charge in [-0.2, -0.15) is 13.2 Å². The first-order chi connectivity index (χ1) is 6.88. The molecule has 84 valence electrons. The lowest BCUT2D eigenvalue weighted by Crippen LogP contribution is -2.37. The number of hydrogen-bond acceptors (Lipinski definition) is 3. The van der Waals surface area contributed by atoms with Gasteiger partial charge in [0.1, 0.15) is 0 Å². The number of tetrazole rings is 1. The summed E-state index contributed by atoms with van der Waals surface area (Å²) in [7, 11) is 0. The monoisotopic (exact) mass is 240 g/mol. The average molecular weight is 241 g/mol. The Balaban J connectivity index is 2.42. The topological polar surface area (TPSA) is 43.6 Å². The van der Waals surface area contributed by atoms with Crippen molar-refractivity contribution in [2.24, 2.45) is 0 Å². The van der Waals surface area contributed by atoms with Crippen LogP contribution in [0.3, 0.4) is 0 Å². The highest BCUT2D eigenvalue weighted by molar-refractivity contribution is 6.20. The number of halogens is 4. The zero-order valence-electron chi connectivity index (χ0n) is 7.79. The van der Waals surface area contributed by atoms with E-state index >= 15 is 0 Å². The number of hydrogen-bond donors (Lipinski definition) is 0. The van der Waals surface area contributed by atoms with Gasteiger partial charge >= 0.3 is 6.18 Å². The van der Waals surface area contributed by atoms with Crippen molar-refractivity contribution in [1.29, 1.82) is 0 Å². The fourth-order valence-corrected chi connectivity index (χ4v) is 1.62. The summed E-state index contributed by atoms with van der Waals surface area (Å²) in [6, 6.07) is 0. The first-order valence-corrected chi connectivity index (χ1v) is 4.82. The Morgan fingerprint density at radius 3 is 2.47 bits per heavy atom. The molecule has 0 aliphatic heterocycles. The van der Waals surface area contributed by atoms with Crippen molar-refractivity contribution >= 4 is 11.6 Å². The van der Waals surface area contributed by atoms with E-state index in [2.05, 4.69) is 15.5 Å². The van der Waals surface area contributed by atoms with Gasteiger partial charge in [0, 0.05) is 0 Å². The molecule has 1 atom stereocenters. The molecule has 1 aromatic rings. The van der Waals surface area contributed by atoms with Crippen LogP contribution in [0.4, 0.5) is 13.2 Å². The van der Waals surface area contributed by atoms with E-state index in [1.165, 1.54) is 6.92 Å². The van der Waals surface area contributed by atoms with Crippen molar-refractivity contribution in [3.05, 3.63) is 5.82 Å². The van der Waals surface area contributed by atoms with E-state index in [1.54, 1.807) is 0 Å². The summed E-state index contributed by atoms with van der Waals surface area (Å²) in [5.41, 5.74) is -1.92. The third kappa shape index (κ3) is 1.49. The van der Waals surface area contributed by atoms with E-state index in [0.717, 1.165) is 4.68 Å². The Kier molecular flexibility index (Phi) is 2.18. The lowest BCUT2D eigenvalue weighted by atomic mass is 10.2. The number of alkyl halides is 4. The van der Waals surface area contributed by atoms with Gasteiger partial charge in [-0.15, -0.1) is 16.7 Å². The maximum absolute atomic E-state index is 12.7. The fourth-order valence-electron chi connectivity index (χ4n) is 1.48. The molecule has 1 saturated carbocycles. The van der Waals surface area contributed by atoms with Gasteiger partial charge in [0.15, 0.2) is 11.4 Å². The Labute approximate surface area is 88.4 Å². The zero-order chi connectivity index (χ0) is 11.3. The maximum atomic E-state index is 12.7. The van der Waals surface area contributed by atoms with E-state index in [0.29, 0.717) is 0 Å². The molecule has 1 aliphatic rings. The van der Waals surface area contributed by atoms with Crippen LogP contribution in [0.5, 0.6) is 0 Å². The Hall–Kier alpha value is -0.850. The molecule has 1 fully saturated rings. The number of rotatable bonds is 2. The third-order valence-corrected chi connectivity index (χ3v) is 2.70. The van der Waals surface area contributed by atoms with Crippen LogP contribution >= 0.6 is 11.6 Å². The summed E-state index contributed by atoms with van der Waals surface area (Å²) in [4.78, 5) is 0. The third-order valence-electron chi connectivity index (χ3n) is 2.51. The molecule has 0 aromatic carbocycles. The summed E-state index contributed by atoms with van der Waals surface area (Å²) in [5.74, 6) is 0.0616. The van der Waals surface area contributed by atoms with E-state index < -0.39 is 17.1 Å². The van der Waals surface area contributed by atoms with Crippen molar-refractivity contribution in [3.63, 3.8) is 0 Å². The Morgan fingerprint density at radius 2 is 2.07 bits per heavy atom. The summed E-state index contributed by atoms with van der Waals surface area (Å²) >= 11 is 5.70. The minimum absolute atomic E-state index is 0.0121. The molecular formula is C7H8ClF3N4. The Morgan fingerprint density at radius 1 is 1.47 bits per heavy atom. The van der Waals surface area contributed by atoms with Crippen LogP contribution in [0.25, 0.3) is 0 Å². The highest BCUT2D eigenvalue weighted by Gasteiger charge is 2.66. The molecule has 0 radical (unpaired) electrons. The zero-order valence-corrected chi connectivity index (χ0v) is 8.55. The van der Waals surface area contributed by atoms with E-state index in [1.807, 2.05) is 0 Å².